The number of rotatable bonds is 2. The van der Waals surface area contributed by atoms with Gasteiger partial charge in [-0.05, 0) is 41.7 Å². The van der Waals surface area contributed by atoms with Gasteiger partial charge in [-0.25, -0.2) is 0 Å². The second-order valence-electron chi connectivity index (χ2n) is 4.12. The maximum absolute atomic E-state index is 4.49. The van der Waals surface area contributed by atoms with Crippen LogP contribution in [-0.4, -0.2) is 6.21 Å². The van der Waals surface area contributed by atoms with Crippen molar-refractivity contribution in [3.8, 4) is 0 Å². The van der Waals surface area contributed by atoms with E-state index in [1.165, 1.54) is 24.0 Å². The molecule has 0 unspecified atom stereocenters. The molecule has 0 atom stereocenters. The Morgan fingerprint density at radius 2 is 1.69 bits per heavy atom. The first-order valence-corrected chi connectivity index (χ1v) is 5.63. The molecule has 0 saturated carbocycles. The summed E-state index contributed by atoms with van der Waals surface area (Å²) in [5, 5.41) is 0. The average Bonchev–Trinajstić information content (AvgIpc) is 2.31. The summed E-state index contributed by atoms with van der Waals surface area (Å²) in [5.74, 6) is 0. The van der Waals surface area contributed by atoms with Crippen molar-refractivity contribution < 1.29 is 0 Å². The largest absolute Gasteiger partial charge is 0.256 e. The fraction of sp³-hybridized carbons (Fsp3) is 0.133. The normalized spacial score (nSPS) is 13.5. The number of aliphatic imine (C=N–C) groups is 1. The van der Waals surface area contributed by atoms with E-state index in [0.717, 1.165) is 11.3 Å². The minimum absolute atomic E-state index is 1.06. The lowest BCUT2D eigenvalue weighted by Gasteiger charge is -2.18. The van der Waals surface area contributed by atoms with Gasteiger partial charge in [0, 0.05) is 6.21 Å². The van der Waals surface area contributed by atoms with Crippen LogP contribution in [0.2, 0.25) is 0 Å². The summed E-state index contributed by atoms with van der Waals surface area (Å²) in [4.78, 5) is 4.49. The molecule has 0 bridgehead atoms. The van der Waals surface area contributed by atoms with E-state index in [-0.39, 0.29) is 0 Å². The van der Waals surface area contributed by atoms with Crippen LogP contribution < -0.4 is 0 Å². The van der Waals surface area contributed by atoms with E-state index in [0.29, 0.717) is 0 Å². The van der Waals surface area contributed by atoms with Crippen LogP contribution in [0, 0.1) is 0 Å². The van der Waals surface area contributed by atoms with Crippen molar-refractivity contribution in [2.75, 3.05) is 0 Å². The van der Waals surface area contributed by atoms with E-state index in [1.54, 1.807) is 0 Å². The average molecular weight is 207 g/mol. The Hall–Kier alpha value is -1.89. The van der Waals surface area contributed by atoms with Gasteiger partial charge >= 0.3 is 0 Å². The zero-order valence-electron chi connectivity index (χ0n) is 9.06. The molecule has 1 aliphatic rings. The zero-order valence-corrected chi connectivity index (χ0v) is 9.06. The SMILES string of the molecule is C(=Nc1ccc2c(c1)CC2)c1ccccc1. The summed E-state index contributed by atoms with van der Waals surface area (Å²) >= 11 is 0. The third-order valence-corrected chi connectivity index (χ3v) is 3.02. The van der Waals surface area contributed by atoms with Crippen molar-refractivity contribution >= 4 is 11.9 Å². The Kier molecular flexibility index (Phi) is 2.30. The fourth-order valence-electron chi connectivity index (χ4n) is 1.95. The number of hydrogen-bond acceptors (Lipinski definition) is 1. The second-order valence-corrected chi connectivity index (χ2v) is 4.12. The number of benzene rings is 2. The molecule has 1 nitrogen and oxygen atoms in total. The molecule has 0 heterocycles. The molecule has 0 radical (unpaired) electrons. The van der Waals surface area contributed by atoms with E-state index in [4.69, 9.17) is 0 Å². The smallest absolute Gasteiger partial charge is 0.0632 e. The summed E-state index contributed by atoms with van der Waals surface area (Å²) in [6, 6.07) is 16.7. The van der Waals surface area contributed by atoms with Crippen molar-refractivity contribution in [3.05, 3.63) is 65.2 Å². The zero-order chi connectivity index (χ0) is 10.8. The van der Waals surface area contributed by atoms with Crippen LogP contribution >= 0.6 is 0 Å². The second kappa shape index (κ2) is 3.93. The number of hydrogen-bond donors (Lipinski definition) is 0. The highest BCUT2D eigenvalue weighted by molar-refractivity contribution is 5.81. The summed E-state index contributed by atoms with van der Waals surface area (Å²) in [7, 11) is 0. The van der Waals surface area contributed by atoms with Crippen LogP contribution in [-0.2, 0) is 12.8 Å². The lowest BCUT2D eigenvalue weighted by molar-refractivity contribution is 0.840. The number of nitrogens with zero attached hydrogens (tertiary/aromatic N) is 1. The van der Waals surface area contributed by atoms with Crippen LogP contribution in [0.4, 0.5) is 5.69 Å². The Morgan fingerprint density at radius 3 is 2.38 bits per heavy atom. The third-order valence-electron chi connectivity index (χ3n) is 3.02. The van der Waals surface area contributed by atoms with E-state index >= 15 is 0 Å². The minimum atomic E-state index is 1.06. The van der Waals surface area contributed by atoms with Gasteiger partial charge in [-0.2, -0.15) is 0 Å². The molecule has 78 valence electrons. The first-order valence-electron chi connectivity index (χ1n) is 5.63. The summed E-state index contributed by atoms with van der Waals surface area (Å²) < 4.78 is 0. The quantitative estimate of drug-likeness (QED) is 0.668. The molecule has 2 aromatic rings. The lowest BCUT2D eigenvalue weighted by Crippen LogP contribution is -2.06. The Balaban J connectivity index is 1.84. The lowest BCUT2D eigenvalue weighted by atomic mass is 9.88. The first kappa shape index (κ1) is 9.34. The van der Waals surface area contributed by atoms with E-state index in [9.17, 15) is 0 Å². The van der Waals surface area contributed by atoms with E-state index in [1.807, 2.05) is 24.4 Å². The monoisotopic (exact) mass is 207 g/mol. The Morgan fingerprint density at radius 1 is 0.875 bits per heavy atom. The molecule has 1 heteroatoms. The highest BCUT2D eigenvalue weighted by Gasteiger charge is 2.11. The van der Waals surface area contributed by atoms with Gasteiger partial charge in [0.05, 0.1) is 5.69 Å². The van der Waals surface area contributed by atoms with Gasteiger partial charge in [0.25, 0.3) is 0 Å². The molecule has 1 aliphatic carbocycles. The number of fused-ring (bicyclic) bond motifs is 1. The molecule has 0 fully saturated rings. The highest BCUT2D eigenvalue weighted by atomic mass is 14.7. The maximum Gasteiger partial charge on any atom is 0.0632 e. The van der Waals surface area contributed by atoms with Gasteiger partial charge < -0.3 is 0 Å². The van der Waals surface area contributed by atoms with Gasteiger partial charge in [0.1, 0.15) is 0 Å². The molecule has 0 saturated heterocycles. The summed E-state index contributed by atoms with van der Waals surface area (Å²) in [5.41, 5.74) is 5.15. The van der Waals surface area contributed by atoms with Crippen LogP contribution in [0.1, 0.15) is 16.7 Å². The van der Waals surface area contributed by atoms with Crippen molar-refractivity contribution in [3.63, 3.8) is 0 Å². The van der Waals surface area contributed by atoms with Crippen molar-refractivity contribution in [2.45, 2.75) is 12.8 Å². The van der Waals surface area contributed by atoms with Gasteiger partial charge in [-0.15, -0.1) is 0 Å². The van der Waals surface area contributed by atoms with Crippen molar-refractivity contribution in [1.29, 1.82) is 0 Å². The molecule has 0 aliphatic heterocycles. The van der Waals surface area contributed by atoms with Gasteiger partial charge in [-0.3, -0.25) is 4.99 Å². The van der Waals surface area contributed by atoms with Crippen LogP contribution in [0.15, 0.2) is 53.5 Å². The van der Waals surface area contributed by atoms with E-state index < -0.39 is 0 Å². The maximum atomic E-state index is 4.49. The van der Waals surface area contributed by atoms with Crippen LogP contribution in [0.25, 0.3) is 0 Å². The molecule has 2 aromatic carbocycles. The van der Waals surface area contributed by atoms with Gasteiger partial charge in [0.15, 0.2) is 0 Å². The standard InChI is InChI=1S/C15H13N/c1-2-4-12(5-3-1)11-16-15-9-8-13-6-7-14(13)10-15/h1-5,8-11H,6-7H2. The molecule has 0 N–H and O–H groups in total. The molecule has 16 heavy (non-hydrogen) atoms. The number of aryl methyl sites for hydroxylation is 2. The van der Waals surface area contributed by atoms with E-state index in [2.05, 4.69) is 35.3 Å². The third kappa shape index (κ3) is 1.76. The topological polar surface area (TPSA) is 12.4 Å². The molecular formula is C15H13N. The van der Waals surface area contributed by atoms with Crippen molar-refractivity contribution in [1.82, 2.24) is 0 Å². The highest BCUT2D eigenvalue weighted by Crippen LogP contribution is 2.26. The van der Waals surface area contributed by atoms with Crippen LogP contribution in [0.5, 0.6) is 0 Å². The molecular weight excluding hydrogens is 194 g/mol. The molecule has 3 rings (SSSR count). The van der Waals surface area contributed by atoms with Crippen molar-refractivity contribution in [2.24, 2.45) is 4.99 Å². The Labute approximate surface area is 95.5 Å². The van der Waals surface area contributed by atoms with Gasteiger partial charge in [0.2, 0.25) is 0 Å². The predicted octanol–water partition coefficient (Wildman–Crippen LogP) is 3.54. The molecule has 0 spiro atoms. The Bertz CT molecular complexity index is 526. The summed E-state index contributed by atoms with van der Waals surface area (Å²) in [6.07, 6.45) is 4.36. The minimum Gasteiger partial charge on any atom is -0.256 e. The fourth-order valence-corrected chi connectivity index (χ4v) is 1.95. The summed E-state index contributed by atoms with van der Waals surface area (Å²) in [6.45, 7) is 0. The first-order chi connectivity index (χ1) is 7.92. The predicted molar refractivity (Wildman–Crippen MR) is 67.5 cm³/mol. The molecule has 0 amide bonds. The molecule has 0 aromatic heterocycles. The van der Waals surface area contributed by atoms with Crippen LogP contribution in [0.3, 0.4) is 0 Å². The van der Waals surface area contributed by atoms with Gasteiger partial charge in [-0.1, -0.05) is 36.4 Å².